The number of amides is 1. The van der Waals surface area contributed by atoms with Gasteiger partial charge in [0.1, 0.15) is 12.6 Å². The maximum absolute atomic E-state index is 13.3. The number of nitrogens with zero attached hydrogens (tertiary/aromatic N) is 1. The van der Waals surface area contributed by atoms with Gasteiger partial charge in [0.25, 0.3) is 0 Å². The predicted molar refractivity (Wildman–Crippen MR) is 118 cm³/mol. The van der Waals surface area contributed by atoms with Crippen LogP contribution in [0.1, 0.15) is 11.6 Å². The van der Waals surface area contributed by atoms with Crippen LogP contribution < -0.4 is 14.8 Å². The van der Waals surface area contributed by atoms with Gasteiger partial charge in [-0.2, -0.15) is 0 Å². The number of rotatable bonds is 9. The predicted octanol–water partition coefficient (Wildman–Crippen LogP) is 2.13. The third-order valence-corrected chi connectivity index (χ3v) is 6.69. The van der Waals surface area contributed by atoms with Gasteiger partial charge in [-0.3, -0.25) is 9.69 Å². The fourth-order valence-corrected chi connectivity index (χ4v) is 4.69. The molecule has 0 bridgehead atoms. The minimum atomic E-state index is -3.05. The van der Waals surface area contributed by atoms with Crippen molar-refractivity contribution in [2.75, 3.05) is 57.3 Å². The smallest absolute Gasteiger partial charge is 0.246 e. The number of methoxy groups -OCH3 is 2. The number of nitrogens with one attached hydrogen (secondary N) is 1. The second-order valence-electron chi connectivity index (χ2n) is 7.20. The molecule has 0 saturated carbocycles. The van der Waals surface area contributed by atoms with Gasteiger partial charge in [-0.25, -0.2) is 8.42 Å². The number of anilines is 1. The Morgan fingerprint density at radius 1 is 1.03 bits per heavy atom. The average molecular weight is 449 g/mol. The van der Waals surface area contributed by atoms with Crippen molar-refractivity contribution in [3.05, 3.63) is 54.1 Å². The summed E-state index contributed by atoms with van der Waals surface area (Å²) in [7, 11) is 0.0839. The Labute approximate surface area is 183 Å². The van der Waals surface area contributed by atoms with E-state index in [1.54, 1.807) is 32.4 Å². The first-order chi connectivity index (χ1) is 14.9. The fraction of sp³-hybridized carbons (Fsp3) is 0.409. The average Bonchev–Trinajstić information content (AvgIpc) is 2.76. The van der Waals surface area contributed by atoms with Crippen molar-refractivity contribution in [2.24, 2.45) is 0 Å². The van der Waals surface area contributed by atoms with Gasteiger partial charge in [0.05, 0.1) is 25.2 Å². The van der Waals surface area contributed by atoms with Crippen LogP contribution >= 0.6 is 0 Å². The standard InChI is InChI=1S/C22H28N2O6S/c1-28-12-13-30-20-16-18(8-9-19(20)29-2)23-22(25)21(17-6-4-3-5-7-17)24-10-14-31(26,27)15-11-24/h3-9,16,21H,10-15H2,1-2H3,(H,23,25). The molecule has 1 heterocycles. The van der Waals surface area contributed by atoms with Crippen molar-refractivity contribution in [1.29, 1.82) is 0 Å². The molecule has 1 aliphatic rings. The highest BCUT2D eigenvalue weighted by atomic mass is 32.2. The summed E-state index contributed by atoms with van der Waals surface area (Å²) in [5.74, 6) is 0.902. The maximum Gasteiger partial charge on any atom is 0.246 e. The lowest BCUT2D eigenvalue weighted by Gasteiger charge is -2.33. The first-order valence-corrected chi connectivity index (χ1v) is 11.9. The molecule has 8 nitrogen and oxygen atoms in total. The monoisotopic (exact) mass is 448 g/mol. The summed E-state index contributed by atoms with van der Waals surface area (Å²) in [6.07, 6.45) is 0. The van der Waals surface area contributed by atoms with Crippen LogP contribution in [0.5, 0.6) is 11.5 Å². The summed E-state index contributed by atoms with van der Waals surface area (Å²) in [6.45, 7) is 1.39. The lowest BCUT2D eigenvalue weighted by atomic mass is 10.0. The van der Waals surface area contributed by atoms with Crippen LogP contribution in [0.4, 0.5) is 5.69 Å². The third-order valence-electron chi connectivity index (χ3n) is 5.08. The quantitative estimate of drug-likeness (QED) is 0.587. The SMILES string of the molecule is COCCOc1cc(NC(=O)C(c2ccccc2)N2CCS(=O)(=O)CC2)ccc1OC. The van der Waals surface area contributed by atoms with Gasteiger partial charge in [-0.15, -0.1) is 0 Å². The molecule has 1 unspecified atom stereocenters. The Morgan fingerprint density at radius 3 is 2.39 bits per heavy atom. The van der Waals surface area contributed by atoms with Crippen LogP contribution in [0.15, 0.2) is 48.5 Å². The molecular formula is C22H28N2O6S. The number of hydrogen-bond donors (Lipinski definition) is 1. The van der Waals surface area contributed by atoms with E-state index in [9.17, 15) is 13.2 Å². The van der Waals surface area contributed by atoms with Crippen LogP contribution in [-0.2, 0) is 19.4 Å². The zero-order valence-electron chi connectivity index (χ0n) is 17.7. The Bertz CT molecular complexity index is 967. The number of ether oxygens (including phenoxy) is 3. The summed E-state index contributed by atoms with van der Waals surface area (Å²) in [5, 5.41) is 2.94. The Morgan fingerprint density at radius 2 is 1.74 bits per heavy atom. The van der Waals surface area contributed by atoms with E-state index in [1.165, 1.54) is 0 Å². The van der Waals surface area contributed by atoms with Crippen molar-refractivity contribution < 1.29 is 27.4 Å². The summed E-state index contributed by atoms with van der Waals surface area (Å²) in [5.41, 5.74) is 1.37. The van der Waals surface area contributed by atoms with E-state index in [2.05, 4.69) is 5.32 Å². The fourth-order valence-electron chi connectivity index (χ4n) is 3.46. The highest BCUT2D eigenvalue weighted by Gasteiger charge is 2.32. The van der Waals surface area contributed by atoms with Crippen LogP contribution in [0.25, 0.3) is 0 Å². The molecule has 31 heavy (non-hydrogen) atoms. The molecule has 1 saturated heterocycles. The highest BCUT2D eigenvalue weighted by molar-refractivity contribution is 7.91. The van der Waals surface area contributed by atoms with E-state index < -0.39 is 15.9 Å². The topological polar surface area (TPSA) is 94.2 Å². The molecule has 2 aromatic rings. The lowest BCUT2D eigenvalue weighted by Crippen LogP contribution is -2.46. The Kier molecular flexibility index (Phi) is 7.89. The van der Waals surface area contributed by atoms with Gasteiger partial charge >= 0.3 is 0 Å². The minimum Gasteiger partial charge on any atom is -0.493 e. The summed E-state index contributed by atoms with van der Waals surface area (Å²) in [6, 6.07) is 13.9. The molecule has 1 amide bonds. The minimum absolute atomic E-state index is 0.0453. The van der Waals surface area contributed by atoms with Crippen LogP contribution in [0.2, 0.25) is 0 Å². The van der Waals surface area contributed by atoms with Crippen LogP contribution in [-0.4, -0.2) is 71.3 Å². The summed E-state index contributed by atoms with van der Waals surface area (Å²) in [4.78, 5) is 15.2. The van der Waals surface area contributed by atoms with Crippen molar-refractivity contribution in [3.8, 4) is 11.5 Å². The molecule has 168 valence electrons. The molecule has 1 fully saturated rings. The molecule has 2 aromatic carbocycles. The zero-order valence-corrected chi connectivity index (χ0v) is 18.6. The van der Waals surface area contributed by atoms with Gasteiger partial charge < -0.3 is 19.5 Å². The Balaban J connectivity index is 1.81. The molecule has 3 rings (SSSR count). The summed E-state index contributed by atoms with van der Waals surface area (Å²) >= 11 is 0. The van der Waals surface area contributed by atoms with E-state index in [0.29, 0.717) is 43.5 Å². The molecule has 0 spiro atoms. The molecular weight excluding hydrogens is 420 g/mol. The van der Waals surface area contributed by atoms with Gasteiger partial charge in [0, 0.05) is 32.0 Å². The van der Waals surface area contributed by atoms with Crippen molar-refractivity contribution >= 4 is 21.4 Å². The molecule has 1 aliphatic heterocycles. The Hall–Kier alpha value is -2.62. The molecule has 0 aromatic heterocycles. The van der Waals surface area contributed by atoms with E-state index in [1.807, 2.05) is 35.2 Å². The zero-order chi connectivity index (χ0) is 22.3. The van der Waals surface area contributed by atoms with Crippen LogP contribution in [0, 0.1) is 0 Å². The van der Waals surface area contributed by atoms with Gasteiger partial charge in [0.15, 0.2) is 21.3 Å². The molecule has 0 aliphatic carbocycles. The molecule has 0 radical (unpaired) electrons. The van der Waals surface area contributed by atoms with Gasteiger partial charge in [-0.1, -0.05) is 30.3 Å². The van der Waals surface area contributed by atoms with Gasteiger partial charge in [-0.05, 0) is 17.7 Å². The maximum atomic E-state index is 13.3. The number of carbonyl (C=O) groups excluding carboxylic acids is 1. The van der Waals surface area contributed by atoms with Gasteiger partial charge in [0.2, 0.25) is 5.91 Å². The second-order valence-corrected chi connectivity index (χ2v) is 9.50. The van der Waals surface area contributed by atoms with E-state index in [4.69, 9.17) is 14.2 Å². The van der Waals surface area contributed by atoms with Crippen molar-refractivity contribution in [1.82, 2.24) is 4.90 Å². The van der Waals surface area contributed by atoms with E-state index in [-0.39, 0.29) is 17.4 Å². The third kappa shape index (κ3) is 6.19. The molecule has 1 N–H and O–H groups in total. The number of sulfone groups is 1. The molecule has 1 atom stereocenters. The molecule has 9 heteroatoms. The van der Waals surface area contributed by atoms with E-state index >= 15 is 0 Å². The highest BCUT2D eigenvalue weighted by Crippen LogP contribution is 2.31. The van der Waals surface area contributed by atoms with Crippen molar-refractivity contribution in [3.63, 3.8) is 0 Å². The largest absolute Gasteiger partial charge is 0.493 e. The van der Waals surface area contributed by atoms with E-state index in [0.717, 1.165) is 5.56 Å². The van der Waals surface area contributed by atoms with Crippen LogP contribution in [0.3, 0.4) is 0 Å². The first-order valence-electron chi connectivity index (χ1n) is 10.0. The normalized spacial score (nSPS) is 17.0. The number of hydrogen-bond acceptors (Lipinski definition) is 7. The van der Waals surface area contributed by atoms with Crippen molar-refractivity contribution in [2.45, 2.75) is 6.04 Å². The summed E-state index contributed by atoms with van der Waals surface area (Å²) < 4.78 is 39.8. The second kappa shape index (κ2) is 10.6. The number of benzene rings is 2. The lowest BCUT2D eigenvalue weighted by molar-refractivity contribution is -0.121. The number of carbonyl (C=O) groups is 1. The first kappa shape index (κ1) is 23.1.